The van der Waals surface area contributed by atoms with Crippen molar-refractivity contribution in [3.05, 3.63) is 73.6 Å². The first-order valence-corrected chi connectivity index (χ1v) is 9.69. The number of nitrogens with one attached hydrogen (secondary N) is 2. The van der Waals surface area contributed by atoms with Gasteiger partial charge in [0.2, 0.25) is 0 Å². The Bertz CT molecular complexity index is 1460. The first-order valence-electron chi connectivity index (χ1n) is 9.69. The molecule has 2 N–H and O–H groups in total. The van der Waals surface area contributed by atoms with Crippen molar-refractivity contribution in [1.29, 1.82) is 0 Å². The van der Waals surface area contributed by atoms with Gasteiger partial charge in [-0.15, -0.1) is 0 Å². The lowest BCUT2D eigenvalue weighted by Crippen LogP contribution is -1.92. The number of hydrogen-bond donors (Lipinski definition) is 2. The number of fused-ring (bicyclic) bond motifs is 2. The van der Waals surface area contributed by atoms with Gasteiger partial charge in [0.1, 0.15) is 11.0 Å². The summed E-state index contributed by atoms with van der Waals surface area (Å²) in [5.41, 5.74) is 7.33. The number of allylic oxidation sites excluding steroid dienone is 2. The lowest BCUT2D eigenvalue weighted by atomic mass is 10.1. The number of aromatic nitrogens is 7. The number of hydrogen-bond acceptors (Lipinski definition) is 6. The number of aromatic amines is 2. The molecule has 0 saturated carbocycles. The molecule has 31 heavy (non-hydrogen) atoms. The van der Waals surface area contributed by atoms with Crippen molar-refractivity contribution in [2.45, 2.75) is 6.92 Å². The van der Waals surface area contributed by atoms with Crippen molar-refractivity contribution in [2.75, 3.05) is 0 Å². The largest absolute Gasteiger partial charge is 0.335 e. The summed E-state index contributed by atoms with van der Waals surface area (Å²) in [7, 11) is 0. The average molecular weight is 406 g/mol. The fourth-order valence-electron chi connectivity index (χ4n) is 3.42. The molecule has 0 amide bonds. The van der Waals surface area contributed by atoms with Crippen LogP contribution in [0.3, 0.4) is 0 Å². The van der Waals surface area contributed by atoms with E-state index in [9.17, 15) is 0 Å². The van der Waals surface area contributed by atoms with Crippen LogP contribution in [-0.4, -0.2) is 41.3 Å². The minimum absolute atomic E-state index is 0.617. The van der Waals surface area contributed by atoms with Crippen LogP contribution >= 0.6 is 0 Å². The van der Waals surface area contributed by atoms with Gasteiger partial charge in [-0.1, -0.05) is 18.7 Å². The molecule has 0 radical (unpaired) electrons. The Morgan fingerprint density at radius 1 is 1.03 bits per heavy atom. The molecule has 0 aromatic carbocycles. The van der Waals surface area contributed by atoms with Crippen molar-refractivity contribution in [3.8, 4) is 22.6 Å². The summed E-state index contributed by atoms with van der Waals surface area (Å²) in [6.45, 7) is 5.57. The van der Waals surface area contributed by atoms with Crippen LogP contribution in [0.5, 0.6) is 0 Å². The molecule has 8 heteroatoms. The molecule has 8 nitrogen and oxygen atoms in total. The van der Waals surface area contributed by atoms with Gasteiger partial charge in [0, 0.05) is 47.7 Å². The van der Waals surface area contributed by atoms with E-state index in [0.717, 1.165) is 44.5 Å². The van der Waals surface area contributed by atoms with Crippen LogP contribution in [0.2, 0.25) is 0 Å². The molecule has 0 aliphatic rings. The van der Waals surface area contributed by atoms with E-state index in [2.05, 4.69) is 36.7 Å². The second-order valence-corrected chi connectivity index (χ2v) is 6.78. The lowest BCUT2D eigenvalue weighted by Gasteiger charge is -2.01. The number of rotatable bonds is 5. The third kappa shape index (κ3) is 3.29. The highest BCUT2D eigenvalue weighted by atomic mass is 15.1. The van der Waals surface area contributed by atoms with Gasteiger partial charge in [0.05, 0.1) is 22.9 Å². The second-order valence-electron chi connectivity index (χ2n) is 6.78. The minimum atomic E-state index is 0.617. The molecular formula is C23H18N8. The van der Waals surface area contributed by atoms with Gasteiger partial charge >= 0.3 is 0 Å². The van der Waals surface area contributed by atoms with Crippen molar-refractivity contribution in [2.24, 2.45) is 4.99 Å². The Labute approximate surface area is 177 Å². The first-order chi connectivity index (χ1) is 15.3. The fraction of sp³-hybridized carbons (Fsp3) is 0.0435. The predicted octanol–water partition coefficient (Wildman–Crippen LogP) is 4.58. The summed E-state index contributed by atoms with van der Waals surface area (Å²) in [5, 5.41) is 7.51. The number of nitrogens with zero attached hydrogens (tertiary/aromatic N) is 6. The van der Waals surface area contributed by atoms with Crippen molar-refractivity contribution in [3.63, 3.8) is 0 Å². The number of imidazole rings is 1. The molecule has 0 atom stereocenters. The third-order valence-corrected chi connectivity index (χ3v) is 4.92. The van der Waals surface area contributed by atoms with Gasteiger partial charge in [-0.2, -0.15) is 5.10 Å². The summed E-state index contributed by atoms with van der Waals surface area (Å²) in [4.78, 5) is 25.6. The van der Waals surface area contributed by atoms with Gasteiger partial charge in [-0.05, 0) is 25.1 Å². The van der Waals surface area contributed by atoms with Gasteiger partial charge < -0.3 is 4.98 Å². The van der Waals surface area contributed by atoms with Gasteiger partial charge in [-0.25, -0.2) is 9.97 Å². The normalized spacial score (nSPS) is 12.2. The zero-order valence-corrected chi connectivity index (χ0v) is 16.7. The van der Waals surface area contributed by atoms with Crippen molar-refractivity contribution in [1.82, 2.24) is 35.1 Å². The predicted molar refractivity (Wildman–Crippen MR) is 122 cm³/mol. The summed E-state index contributed by atoms with van der Waals surface area (Å²) in [6.07, 6.45) is 12.3. The van der Waals surface area contributed by atoms with E-state index >= 15 is 0 Å². The minimum Gasteiger partial charge on any atom is -0.335 e. The van der Waals surface area contributed by atoms with Gasteiger partial charge in [-0.3, -0.25) is 20.1 Å². The zero-order valence-electron chi connectivity index (χ0n) is 16.7. The van der Waals surface area contributed by atoms with E-state index in [0.29, 0.717) is 11.5 Å². The van der Waals surface area contributed by atoms with Crippen LogP contribution < -0.4 is 0 Å². The average Bonchev–Trinajstić information content (AvgIpc) is 3.43. The standard InChI is InChI=1S/C23H18N8/c1-3-14(10-24-4-2)17-7-8-18-21(27-17)22(31-30-18)23-28-19-13-26-12-16(20(19)29-23)15-6-5-9-25-11-15/h3-13H,2H2,1H3,(H,28,29)(H,30,31)/b14-3+,24-10?. The maximum atomic E-state index is 4.83. The maximum absolute atomic E-state index is 4.83. The molecular weight excluding hydrogens is 388 g/mol. The molecule has 0 unspecified atom stereocenters. The highest BCUT2D eigenvalue weighted by Crippen LogP contribution is 2.30. The number of H-pyrrole nitrogens is 2. The fourth-order valence-corrected chi connectivity index (χ4v) is 3.42. The first kappa shape index (κ1) is 18.6. The quantitative estimate of drug-likeness (QED) is 0.416. The van der Waals surface area contributed by atoms with Crippen LogP contribution in [0.15, 0.2) is 72.9 Å². The topological polar surface area (TPSA) is 108 Å². The Hall–Kier alpha value is -4.46. The van der Waals surface area contributed by atoms with Crippen LogP contribution in [0.1, 0.15) is 12.6 Å². The van der Waals surface area contributed by atoms with Crippen LogP contribution in [0, 0.1) is 0 Å². The lowest BCUT2D eigenvalue weighted by molar-refractivity contribution is 1.10. The highest BCUT2D eigenvalue weighted by molar-refractivity contribution is 6.09. The van der Waals surface area contributed by atoms with E-state index < -0.39 is 0 Å². The SMILES string of the molecule is C=CN=C/C(=C\C)c1ccc2[nH]nc(-c3nc4c(-c5cccnc5)cncc4[nH]3)c2n1. The maximum Gasteiger partial charge on any atom is 0.161 e. The number of aliphatic imine (C=N–C) groups is 1. The summed E-state index contributed by atoms with van der Waals surface area (Å²) in [5.74, 6) is 0.617. The Morgan fingerprint density at radius 2 is 1.97 bits per heavy atom. The summed E-state index contributed by atoms with van der Waals surface area (Å²) in [6, 6.07) is 7.75. The Morgan fingerprint density at radius 3 is 2.77 bits per heavy atom. The summed E-state index contributed by atoms with van der Waals surface area (Å²) < 4.78 is 0. The molecule has 0 fully saturated rings. The van der Waals surface area contributed by atoms with Gasteiger partial charge in [0.15, 0.2) is 11.5 Å². The molecule has 0 saturated heterocycles. The van der Waals surface area contributed by atoms with Gasteiger partial charge in [0.25, 0.3) is 0 Å². The second kappa shape index (κ2) is 7.75. The molecule has 150 valence electrons. The van der Waals surface area contributed by atoms with E-state index in [4.69, 9.17) is 9.97 Å². The smallest absolute Gasteiger partial charge is 0.161 e. The highest BCUT2D eigenvalue weighted by Gasteiger charge is 2.17. The molecule has 0 aliphatic carbocycles. The molecule has 0 bridgehead atoms. The van der Waals surface area contributed by atoms with Crippen molar-refractivity contribution < 1.29 is 0 Å². The third-order valence-electron chi connectivity index (χ3n) is 4.92. The number of pyridine rings is 3. The van der Waals surface area contributed by atoms with E-state index in [1.165, 1.54) is 6.20 Å². The molecule has 5 rings (SSSR count). The molecule has 0 spiro atoms. The van der Waals surface area contributed by atoms with Crippen LogP contribution in [-0.2, 0) is 0 Å². The van der Waals surface area contributed by atoms with Crippen molar-refractivity contribution >= 4 is 33.9 Å². The van der Waals surface area contributed by atoms with Crippen LogP contribution in [0.4, 0.5) is 0 Å². The van der Waals surface area contributed by atoms with E-state index in [1.54, 1.807) is 31.0 Å². The van der Waals surface area contributed by atoms with E-state index in [-0.39, 0.29) is 0 Å². The Balaban J connectivity index is 1.65. The van der Waals surface area contributed by atoms with E-state index in [1.807, 2.05) is 37.3 Å². The van der Waals surface area contributed by atoms with Crippen LogP contribution in [0.25, 0.3) is 50.3 Å². The molecule has 5 heterocycles. The molecule has 0 aliphatic heterocycles. The molecule has 5 aromatic heterocycles. The monoisotopic (exact) mass is 406 g/mol. The molecule has 5 aromatic rings. The Kier molecular flexibility index (Phi) is 4.64. The summed E-state index contributed by atoms with van der Waals surface area (Å²) >= 11 is 0. The zero-order chi connectivity index (χ0) is 21.2.